The summed E-state index contributed by atoms with van der Waals surface area (Å²) in [5.41, 5.74) is 3.52. The second kappa shape index (κ2) is 9.88. The van der Waals surface area contributed by atoms with E-state index in [2.05, 4.69) is 10.6 Å². The number of aryl methyl sites for hydroxylation is 1. The molecule has 0 aliphatic carbocycles. The van der Waals surface area contributed by atoms with Crippen molar-refractivity contribution in [1.29, 1.82) is 0 Å². The summed E-state index contributed by atoms with van der Waals surface area (Å²) in [4.78, 5) is 26.4. The summed E-state index contributed by atoms with van der Waals surface area (Å²) in [6.07, 6.45) is 0. The topological polar surface area (TPSA) is 58.2 Å². The molecule has 0 aromatic heterocycles. The Labute approximate surface area is 178 Å². The van der Waals surface area contributed by atoms with E-state index in [0.717, 1.165) is 22.4 Å². The molecule has 30 heavy (non-hydrogen) atoms. The second-order valence-electron chi connectivity index (χ2n) is 7.79. The average molecular weight is 401 g/mol. The van der Waals surface area contributed by atoms with Crippen LogP contribution in [0.1, 0.15) is 36.5 Å². The minimum absolute atomic E-state index is 0.0647. The van der Waals surface area contributed by atoms with E-state index in [0.29, 0.717) is 0 Å². The maximum atomic E-state index is 13.4. The minimum Gasteiger partial charge on any atom is -0.343 e. The zero-order valence-corrected chi connectivity index (χ0v) is 17.6. The molecule has 4 heteroatoms. The summed E-state index contributed by atoms with van der Waals surface area (Å²) in [5.74, 6) is -0.955. The summed E-state index contributed by atoms with van der Waals surface area (Å²) in [7, 11) is 0. The molecule has 2 N–H and O–H groups in total. The lowest BCUT2D eigenvalue weighted by Crippen LogP contribution is -2.48. The molecule has 0 spiro atoms. The maximum absolute atomic E-state index is 13.4. The van der Waals surface area contributed by atoms with E-state index in [9.17, 15) is 9.59 Å². The molecule has 3 aromatic carbocycles. The van der Waals surface area contributed by atoms with Crippen LogP contribution in [0.3, 0.4) is 0 Å². The predicted octanol–water partition coefficient (Wildman–Crippen LogP) is 4.91. The Morgan fingerprint density at radius 3 is 1.70 bits per heavy atom. The highest BCUT2D eigenvalue weighted by Crippen LogP contribution is 2.25. The zero-order chi connectivity index (χ0) is 21.5. The van der Waals surface area contributed by atoms with E-state index in [1.165, 1.54) is 0 Å². The predicted molar refractivity (Wildman–Crippen MR) is 121 cm³/mol. The van der Waals surface area contributed by atoms with Crippen LogP contribution in [0.4, 0.5) is 5.69 Å². The Kier molecular flexibility index (Phi) is 7.02. The molecule has 0 saturated carbocycles. The SMILES string of the molecule is Cc1ccccc1NC(=O)C(NC(=O)C(c1ccccc1)c1ccccc1)C(C)C. The number of benzene rings is 3. The number of amides is 2. The van der Waals surface area contributed by atoms with Crippen LogP contribution in [0.25, 0.3) is 0 Å². The number of hydrogen-bond acceptors (Lipinski definition) is 2. The van der Waals surface area contributed by atoms with Crippen LogP contribution in [0.2, 0.25) is 0 Å². The molecule has 154 valence electrons. The molecule has 0 aliphatic heterocycles. The Morgan fingerprint density at radius 2 is 1.20 bits per heavy atom. The van der Waals surface area contributed by atoms with E-state index in [-0.39, 0.29) is 17.7 Å². The van der Waals surface area contributed by atoms with Gasteiger partial charge in [-0.1, -0.05) is 92.7 Å². The van der Waals surface area contributed by atoms with Gasteiger partial charge in [0.25, 0.3) is 0 Å². The van der Waals surface area contributed by atoms with Crippen LogP contribution >= 0.6 is 0 Å². The molecule has 0 heterocycles. The number of carbonyl (C=O) groups excluding carboxylic acids is 2. The highest BCUT2D eigenvalue weighted by Gasteiger charge is 2.29. The van der Waals surface area contributed by atoms with E-state index in [4.69, 9.17) is 0 Å². The molecule has 0 radical (unpaired) electrons. The van der Waals surface area contributed by atoms with Gasteiger partial charge in [0.05, 0.1) is 5.92 Å². The quantitative estimate of drug-likeness (QED) is 0.592. The Morgan fingerprint density at radius 1 is 0.700 bits per heavy atom. The molecule has 0 bridgehead atoms. The number of anilines is 1. The van der Waals surface area contributed by atoms with E-state index >= 15 is 0 Å². The average Bonchev–Trinajstić information content (AvgIpc) is 2.75. The number of nitrogens with one attached hydrogen (secondary N) is 2. The molecule has 3 aromatic rings. The summed E-state index contributed by atoms with van der Waals surface area (Å²) >= 11 is 0. The normalized spacial score (nSPS) is 11.9. The van der Waals surface area contributed by atoms with Gasteiger partial charge in [-0.3, -0.25) is 9.59 Å². The molecule has 3 rings (SSSR count). The number of carbonyl (C=O) groups is 2. The fourth-order valence-corrected chi connectivity index (χ4v) is 3.48. The van der Waals surface area contributed by atoms with Gasteiger partial charge in [0, 0.05) is 5.69 Å². The third-order valence-corrected chi connectivity index (χ3v) is 5.18. The third-order valence-electron chi connectivity index (χ3n) is 5.18. The summed E-state index contributed by atoms with van der Waals surface area (Å²) in [6.45, 7) is 5.81. The van der Waals surface area contributed by atoms with Crippen molar-refractivity contribution in [3.63, 3.8) is 0 Å². The van der Waals surface area contributed by atoms with Gasteiger partial charge in [0.1, 0.15) is 6.04 Å². The van der Waals surface area contributed by atoms with Crippen molar-refractivity contribution in [2.24, 2.45) is 5.92 Å². The van der Waals surface area contributed by atoms with E-state index in [1.54, 1.807) is 0 Å². The van der Waals surface area contributed by atoms with Crippen molar-refractivity contribution in [3.05, 3.63) is 102 Å². The molecular weight excluding hydrogens is 372 g/mol. The molecule has 0 fully saturated rings. The van der Waals surface area contributed by atoms with Gasteiger partial charge in [-0.05, 0) is 35.6 Å². The number of para-hydroxylation sites is 1. The summed E-state index contributed by atoms with van der Waals surface area (Å²) in [6, 6.07) is 26.3. The first-order valence-electron chi connectivity index (χ1n) is 10.2. The van der Waals surface area contributed by atoms with Crippen LogP contribution in [-0.4, -0.2) is 17.9 Å². The maximum Gasteiger partial charge on any atom is 0.247 e. The van der Waals surface area contributed by atoms with E-state index < -0.39 is 12.0 Å². The standard InChI is InChI=1S/C26H28N2O2/c1-18(2)24(26(30)27-22-17-11-10-12-19(22)3)28-25(29)23(20-13-6-4-7-14-20)21-15-8-5-9-16-21/h4-18,23-24H,1-3H3,(H,27,30)(H,28,29). The van der Waals surface area contributed by atoms with Gasteiger partial charge in [-0.25, -0.2) is 0 Å². The zero-order valence-electron chi connectivity index (χ0n) is 17.6. The molecule has 1 unspecified atom stereocenters. The van der Waals surface area contributed by atoms with Gasteiger partial charge >= 0.3 is 0 Å². The van der Waals surface area contributed by atoms with Crippen LogP contribution < -0.4 is 10.6 Å². The van der Waals surface area contributed by atoms with Gasteiger partial charge < -0.3 is 10.6 Å². The van der Waals surface area contributed by atoms with Gasteiger partial charge in [-0.15, -0.1) is 0 Å². The summed E-state index contributed by atoms with van der Waals surface area (Å²) in [5, 5.41) is 5.96. The lowest BCUT2D eigenvalue weighted by molar-refractivity contribution is -0.127. The highest BCUT2D eigenvalue weighted by molar-refractivity contribution is 5.99. The summed E-state index contributed by atoms with van der Waals surface area (Å²) < 4.78 is 0. The Hall–Kier alpha value is -3.40. The second-order valence-corrected chi connectivity index (χ2v) is 7.79. The number of hydrogen-bond donors (Lipinski definition) is 2. The van der Waals surface area contributed by atoms with Crippen molar-refractivity contribution in [2.75, 3.05) is 5.32 Å². The van der Waals surface area contributed by atoms with E-state index in [1.807, 2.05) is 106 Å². The first-order valence-corrected chi connectivity index (χ1v) is 10.2. The van der Waals surface area contributed by atoms with Gasteiger partial charge in [-0.2, -0.15) is 0 Å². The minimum atomic E-state index is -0.646. The molecule has 0 saturated heterocycles. The fourth-order valence-electron chi connectivity index (χ4n) is 3.48. The van der Waals surface area contributed by atoms with Crippen LogP contribution in [0.5, 0.6) is 0 Å². The Bertz CT molecular complexity index is 945. The largest absolute Gasteiger partial charge is 0.343 e. The molecule has 0 aliphatic rings. The third kappa shape index (κ3) is 5.15. The van der Waals surface area contributed by atoms with Crippen LogP contribution in [0.15, 0.2) is 84.9 Å². The monoisotopic (exact) mass is 400 g/mol. The van der Waals surface area contributed by atoms with Crippen LogP contribution in [-0.2, 0) is 9.59 Å². The first kappa shape index (κ1) is 21.3. The highest BCUT2D eigenvalue weighted by atomic mass is 16.2. The number of rotatable bonds is 7. The van der Waals surface area contributed by atoms with Crippen molar-refractivity contribution in [2.45, 2.75) is 32.7 Å². The van der Waals surface area contributed by atoms with Crippen molar-refractivity contribution in [3.8, 4) is 0 Å². The fraction of sp³-hybridized carbons (Fsp3) is 0.231. The van der Waals surface area contributed by atoms with Crippen molar-refractivity contribution in [1.82, 2.24) is 5.32 Å². The molecule has 2 amide bonds. The molecular formula is C26H28N2O2. The van der Waals surface area contributed by atoms with Gasteiger partial charge in [0.15, 0.2) is 0 Å². The Balaban J connectivity index is 1.85. The smallest absolute Gasteiger partial charge is 0.247 e. The van der Waals surface area contributed by atoms with Crippen LogP contribution in [0, 0.1) is 12.8 Å². The van der Waals surface area contributed by atoms with Crippen molar-refractivity contribution >= 4 is 17.5 Å². The van der Waals surface area contributed by atoms with Gasteiger partial charge in [0.2, 0.25) is 11.8 Å². The molecule has 4 nitrogen and oxygen atoms in total. The lowest BCUT2D eigenvalue weighted by Gasteiger charge is -2.25. The van der Waals surface area contributed by atoms with Crippen molar-refractivity contribution < 1.29 is 9.59 Å². The first-order chi connectivity index (χ1) is 14.5. The molecule has 1 atom stereocenters. The lowest BCUT2D eigenvalue weighted by atomic mass is 9.89.